The number of aromatic nitrogens is 1. The number of rotatable bonds is 4. The molecule has 0 saturated heterocycles. The Bertz CT molecular complexity index is 1050. The minimum atomic E-state index is -3.77. The van der Waals surface area contributed by atoms with Crippen molar-refractivity contribution in [1.82, 2.24) is 3.97 Å². The van der Waals surface area contributed by atoms with Crippen molar-refractivity contribution in [2.75, 3.05) is 6.61 Å². The van der Waals surface area contributed by atoms with Crippen molar-refractivity contribution >= 4 is 20.9 Å². The van der Waals surface area contributed by atoms with E-state index in [1.165, 1.54) is 22.2 Å². The van der Waals surface area contributed by atoms with Gasteiger partial charge in [0.05, 0.1) is 10.4 Å². The Morgan fingerprint density at radius 2 is 1.92 bits per heavy atom. The summed E-state index contributed by atoms with van der Waals surface area (Å²) in [5.74, 6) is -0.214. The second kappa shape index (κ2) is 5.68. The number of hydrogen-bond donors (Lipinski definition) is 1. The number of nitrogens with zero attached hydrogens (tertiary/aromatic N) is 1. The molecule has 1 aliphatic rings. The molecule has 1 aromatic heterocycles. The summed E-state index contributed by atoms with van der Waals surface area (Å²) >= 11 is 0. The Morgan fingerprint density at radius 3 is 2.56 bits per heavy atom. The van der Waals surface area contributed by atoms with E-state index in [0.29, 0.717) is 10.9 Å². The molecule has 0 unspecified atom stereocenters. The fourth-order valence-electron chi connectivity index (χ4n) is 3.35. The highest BCUT2D eigenvalue weighted by Crippen LogP contribution is 2.50. The predicted octanol–water partition coefficient (Wildman–Crippen LogP) is 3.42. The Balaban J connectivity index is 1.91. The van der Waals surface area contributed by atoms with Gasteiger partial charge in [-0.05, 0) is 61.1 Å². The van der Waals surface area contributed by atoms with E-state index in [1.54, 1.807) is 30.5 Å². The van der Waals surface area contributed by atoms with Crippen LogP contribution in [-0.4, -0.2) is 24.1 Å². The van der Waals surface area contributed by atoms with E-state index >= 15 is 0 Å². The summed E-state index contributed by atoms with van der Waals surface area (Å²) in [6, 6.07) is 10.8. The van der Waals surface area contributed by atoms with Crippen molar-refractivity contribution in [2.45, 2.75) is 24.2 Å². The molecular formula is C19H18FNO3S. The molecule has 4 rings (SSSR count). The van der Waals surface area contributed by atoms with E-state index in [2.05, 4.69) is 0 Å². The maximum atomic E-state index is 13.7. The molecule has 1 saturated carbocycles. The topological polar surface area (TPSA) is 59.3 Å². The molecule has 1 heterocycles. The third kappa shape index (κ3) is 2.65. The van der Waals surface area contributed by atoms with E-state index in [0.717, 1.165) is 17.5 Å². The van der Waals surface area contributed by atoms with Crippen molar-refractivity contribution in [3.8, 4) is 0 Å². The highest BCUT2D eigenvalue weighted by Gasteiger charge is 2.40. The second-order valence-corrected chi connectivity index (χ2v) is 8.46. The Labute approximate surface area is 145 Å². The average Bonchev–Trinajstić information content (AvgIpc) is 3.27. The maximum absolute atomic E-state index is 13.7. The van der Waals surface area contributed by atoms with Crippen LogP contribution in [0.25, 0.3) is 10.9 Å². The minimum Gasteiger partial charge on any atom is -0.396 e. The molecule has 1 N–H and O–H groups in total. The summed E-state index contributed by atoms with van der Waals surface area (Å²) in [6.07, 6.45) is 2.37. The Hall–Kier alpha value is -2.18. The van der Waals surface area contributed by atoms with Crippen LogP contribution < -0.4 is 0 Å². The first-order valence-electron chi connectivity index (χ1n) is 8.15. The summed E-state index contributed by atoms with van der Waals surface area (Å²) < 4.78 is 41.1. The molecule has 0 radical (unpaired) electrons. The SMILES string of the molecule is Cc1ccc(S(=O)(=O)n2cc([C@H]3C[C@@H]3CO)c3cc(F)ccc32)cc1. The van der Waals surface area contributed by atoms with Crippen LogP contribution >= 0.6 is 0 Å². The van der Waals surface area contributed by atoms with Gasteiger partial charge in [-0.2, -0.15) is 0 Å². The lowest BCUT2D eigenvalue weighted by Gasteiger charge is -2.08. The molecule has 2 atom stereocenters. The van der Waals surface area contributed by atoms with Crippen LogP contribution in [0.4, 0.5) is 4.39 Å². The van der Waals surface area contributed by atoms with Crippen molar-refractivity contribution in [2.24, 2.45) is 5.92 Å². The van der Waals surface area contributed by atoms with Gasteiger partial charge in [-0.25, -0.2) is 16.8 Å². The fraction of sp³-hybridized carbons (Fsp3) is 0.263. The maximum Gasteiger partial charge on any atom is 0.268 e. The molecule has 25 heavy (non-hydrogen) atoms. The monoisotopic (exact) mass is 359 g/mol. The van der Waals surface area contributed by atoms with Gasteiger partial charge in [0.2, 0.25) is 0 Å². The molecule has 4 nitrogen and oxygen atoms in total. The third-order valence-electron chi connectivity index (χ3n) is 4.90. The van der Waals surface area contributed by atoms with Crippen LogP contribution in [0.3, 0.4) is 0 Å². The van der Waals surface area contributed by atoms with Gasteiger partial charge in [-0.3, -0.25) is 0 Å². The zero-order chi connectivity index (χ0) is 17.8. The summed E-state index contributed by atoms with van der Waals surface area (Å²) in [6.45, 7) is 1.95. The molecule has 0 bridgehead atoms. The van der Waals surface area contributed by atoms with Crippen molar-refractivity contribution in [3.63, 3.8) is 0 Å². The van der Waals surface area contributed by atoms with Crippen LogP contribution in [0.5, 0.6) is 0 Å². The van der Waals surface area contributed by atoms with Crippen LogP contribution in [-0.2, 0) is 10.0 Å². The molecule has 0 aliphatic heterocycles. The van der Waals surface area contributed by atoms with Crippen molar-refractivity contribution < 1.29 is 17.9 Å². The van der Waals surface area contributed by atoms with Gasteiger partial charge < -0.3 is 5.11 Å². The molecular weight excluding hydrogens is 341 g/mol. The summed E-state index contributed by atoms with van der Waals surface area (Å²) in [5, 5.41) is 9.93. The van der Waals surface area contributed by atoms with Gasteiger partial charge >= 0.3 is 0 Å². The second-order valence-electron chi connectivity index (χ2n) is 6.64. The van der Waals surface area contributed by atoms with Gasteiger partial charge in [0.1, 0.15) is 5.82 Å². The van der Waals surface area contributed by atoms with Gasteiger partial charge in [-0.15, -0.1) is 0 Å². The van der Waals surface area contributed by atoms with E-state index in [4.69, 9.17) is 0 Å². The first-order chi connectivity index (χ1) is 11.9. The molecule has 1 aliphatic carbocycles. The van der Waals surface area contributed by atoms with Crippen molar-refractivity contribution in [1.29, 1.82) is 0 Å². The Kier molecular flexibility index (Phi) is 3.70. The number of aryl methyl sites for hydroxylation is 1. The molecule has 2 aromatic carbocycles. The first-order valence-corrected chi connectivity index (χ1v) is 9.59. The minimum absolute atomic E-state index is 0.0529. The number of aliphatic hydroxyl groups is 1. The number of fused-ring (bicyclic) bond motifs is 1. The van der Waals surface area contributed by atoms with E-state index < -0.39 is 15.8 Å². The van der Waals surface area contributed by atoms with Crippen LogP contribution in [0.1, 0.15) is 23.5 Å². The average molecular weight is 359 g/mol. The molecule has 3 aromatic rings. The predicted molar refractivity (Wildman–Crippen MR) is 93.6 cm³/mol. The van der Waals surface area contributed by atoms with Crippen LogP contribution in [0, 0.1) is 18.7 Å². The first kappa shape index (κ1) is 16.3. The zero-order valence-corrected chi connectivity index (χ0v) is 14.5. The number of benzene rings is 2. The Morgan fingerprint density at radius 1 is 1.20 bits per heavy atom. The number of hydrogen-bond acceptors (Lipinski definition) is 3. The largest absolute Gasteiger partial charge is 0.396 e. The number of halogens is 1. The fourth-order valence-corrected chi connectivity index (χ4v) is 4.72. The zero-order valence-electron chi connectivity index (χ0n) is 13.7. The lowest BCUT2D eigenvalue weighted by Crippen LogP contribution is -2.11. The summed E-state index contributed by atoms with van der Waals surface area (Å²) in [7, 11) is -3.77. The highest BCUT2D eigenvalue weighted by molar-refractivity contribution is 7.90. The van der Waals surface area contributed by atoms with Gasteiger partial charge in [0, 0.05) is 18.2 Å². The van der Waals surface area contributed by atoms with Crippen LogP contribution in [0.15, 0.2) is 53.6 Å². The highest BCUT2D eigenvalue weighted by atomic mass is 32.2. The molecule has 0 spiro atoms. The van der Waals surface area contributed by atoms with Crippen molar-refractivity contribution in [3.05, 3.63) is 65.6 Å². The van der Waals surface area contributed by atoms with Gasteiger partial charge in [0.15, 0.2) is 0 Å². The quantitative estimate of drug-likeness (QED) is 0.776. The molecule has 1 fully saturated rings. The number of aliphatic hydroxyl groups excluding tert-OH is 1. The normalized spacial score (nSPS) is 20.1. The molecule has 0 amide bonds. The van der Waals surface area contributed by atoms with E-state index in [-0.39, 0.29) is 23.3 Å². The van der Waals surface area contributed by atoms with E-state index in [1.807, 2.05) is 6.92 Å². The third-order valence-corrected chi connectivity index (χ3v) is 6.59. The lowest BCUT2D eigenvalue weighted by molar-refractivity contribution is 0.274. The standard InChI is InChI=1S/C19H18FNO3S/c1-12-2-5-15(6-3-12)25(23,24)21-10-18(16-8-13(16)11-22)17-9-14(20)4-7-19(17)21/h2-7,9-10,13,16,22H,8,11H2,1H3/t13-,16+/m1/s1. The van der Waals surface area contributed by atoms with Gasteiger partial charge in [-0.1, -0.05) is 17.7 Å². The molecule has 6 heteroatoms. The lowest BCUT2D eigenvalue weighted by atomic mass is 10.1. The summed E-state index contributed by atoms with van der Waals surface area (Å²) in [4.78, 5) is 0.195. The van der Waals surface area contributed by atoms with Gasteiger partial charge in [0.25, 0.3) is 10.0 Å². The molecule has 130 valence electrons. The van der Waals surface area contributed by atoms with E-state index in [9.17, 15) is 17.9 Å². The smallest absolute Gasteiger partial charge is 0.268 e. The summed E-state index contributed by atoms with van der Waals surface area (Å²) in [5.41, 5.74) is 2.22. The van der Waals surface area contributed by atoms with Crippen LogP contribution in [0.2, 0.25) is 0 Å².